The quantitative estimate of drug-likeness (QED) is 0.824. The molecule has 0 aliphatic carbocycles. The van der Waals surface area contributed by atoms with Crippen LogP contribution in [0.3, 0.4) is 0 Å². The van der Waals surface area contributed by atoms with E-state index < -0.39 is 0 Å². The molecule has 0 saturated carbocycles. The Kier molecular flexibility index (Phi) is 3.97. The van der Waals surface area contributed by atoms with E-state index in [9.17, 15) is 9.59 Å². The van der Waals surface area contributed by atoms with Crippen LogP contribution in [0, 0.1) is 0 Å². The molecule has 1 aliphatic rings. The molecule has 1 aromatic rings. The summed E-state index contributed by atoms with van der Waals surface area (Å²) in [6, 6.07) is 7.63. The van der Waals surface area contributed by atoms with E-state index in [2.05, 4.69) is 10.2 Å². The molecule has 0 bridgehead atoms. The number of hydrogen-bond donors (Lipinski definition) is 1. The number of para-hydroxylation sites is 1. The Labute approximate surface area is 107 Å². The van der Waals surface area contributed by atoms with Crippen molar-refractivity contribution in [3.8, 4) is 0 Å². The number of benzene rings is 1. The second-order valence-electron chi connectivity index (χ2n) is 4.38. The molecule has 0 radical (unpaired) electrons. The minimum atomic E-state index is 0.0804. The van der Waals surface area contributed by atoms with Crippen LogP contribution in [-0.2, 0) is 4.79 Å². The Hall–Kier alpha value is -1.84. The van der Waals surface area contributed by atoms with E-state index in [0.717, 1.165) is 17.8 Å². The number of carbonyl (C=O) groups is 2. The van der Waals surface area contributed by atoms with Gasteiger partial charge in [0.1, 0.15) is 0 Å². The monoisotopic (exact) mass is 246 g/mol. The molecule has 1 fully saturated rings. The van der Waals surface area contributed by atoms with E-state index in [4.69, 9.17) is 0 Å². The van der Waals surface area contributed by atoms with Gasteiger partial charge in [0.2, 0.25) is 5.91 Å². The fraction of sp³-hybridized carbons (Fsp3) is 0.429. The van der Waals surface area contributed by atoms with Crippen molar-refractivity contribution in [2.24, 2.45) is 0 Å². The average molecular weight is 246 g/mol. The van der Waals surface area contributed by atoms with Crippen molar-refractivity contribution < 1.29 is 9.59 Å². The van der Waals surface area contributed by atoms with E-state index in [1.165, 1.54) is 0 Å². The molecule has 4 nitrogen and oxygen atoms in total. The van der Waals surface area contributed by atoms with E-state index in [1.54, 1.807) is 0 Å². The van der Waals surface area contributed by atoms with E-state index in [0.29, 0.717) is 25.9 Å². The summed E-state index contributed by atoms with van der Waals surface area (Å²) in [7, 11) is 0. The van der Waals surface area contributed by atoms with Gasteiger partial charge in [-0.1, -0.05) is 19.1 Å². The van der Waals surface area contributed by atoms with Gasteiger partial charge < -0.3 is 10.2 Å². The third-order valence-electron chi connectivity index (χ3n) is 3.18. The molecule has 1 saturated heterocycles. The maximum Gasteiger partial charge on any atom is 0.221 e. The molecule has 1 amide bonds. The van der Waals surface area contributed by atoms with E-state index >= 15 is 0 Å². The van der Waals surface area contributed by atoms with E-state index in [1.807, 2.05) is 31.2 Å². The van der Waals surface area contributed by atoms with Gasteiger partial charge in [0.05, 0.1) is 0 Å². The number of nitrogens with zero attached hydrogens (tertiary/aromatic N) is 1. The van der Waals surface area contributed by atoms with Crippen molar-refractivity contribution in [3.63, 3.8) is 0 Å². The zero-order chi connectivity index (χ0) is 13.0. The van der Waals surface area contributed by atoms with Crippen molar-refractivity contribution in [2.45, 2.75) is 19.8 Å². The average Bonchev–Trinajstić information content (AvgIpc) is 2.62. The van der Waals surface area contributed by atoms with Crippen LogP contribution in [-0.4, -0.2) is 31.3 Å². The first-order chi connectivity index (χ1) is 8.72. The molecule has 0 aromatic heterocycles. The van der Waals surface area contributed by atoms with Gasteiger partial charge in [-0.15, -0.1) is 0 Å². The first kappa shape index (κ1) is 12.6. The summed E-state index contributed by atoms with van der Waals surface area (Å²) in [5.74, 6) is 0.228. The number of ketones is 1. The molecule has 1 N–H and O–H groups in total. The van der Waals surface area contributed by atoms with Crippen LogP contribution < -0.4 is 10.2 Å². The third kappa shape index (κ3) is 2.70. The summed E-state index contributed by atoms with van der Waals surface area (Å²) in [5.41, 5.74) is 1.70. The highest BCUT2D eigenvalue weighted by molar-refractivity contribution is 6.01. The third-order valence-corrected chi connectivity index (χ3v) is 3.18. The molecule has 2 rings (SSSR count). The summed E-state index contributed by atoms with van der Waals surface area (Å²) in [4.78, 5) is 25.4. The van der Waals surface area contributed by atoms with Gasteiger partial charge >= 0.3 is 0 Å². The topological polar surface area (TPSA) is 49.4 Å². The highest BCUT2D eigenvalue weighted by Crippen LogP contribution is 2.22. The van der Waals surface area contributed by atoms with Crippen LogP contribution >= 0.6 is 0 Å². The highest BCUT2D eigenvalue weighted by Gasteiger charge is 2.18. The van der Waals surface area contributed by atoms with E-state index in [-0.39, 0.29) is 11.7 Å². The van der Waals surface area contributed by atoms with Gasteiger partial charge in [-0.2, -0.15) is 0 Å². The molecule has 0 unspecified atom stereocenters. The molecule has 1 heterocycles. The fourth-order valence-corrected chi connectivity index (χ4v) is 2.18. The van der Waals surface area contributed by atoms with Crippen LogP contribution in [0.15, 0.2) is 24.3 Å². The zero-order valence-corrected chi connectivity index (χ0v) is 10.6. The van der Waals surface area contributed by atoms with Gasteiger partial charge in [-0.05, 0) is 12.1 Å². The molecule has 4 heteroatoms. The highest BCUT2D eigenvalue weighted by atomic mass is 16.1. The van der Waals surface area contributed by atoms with Crippen molar-refractivity contribution >= 4 is 17.4 Å². The Balaban J connectivity index is 2.26. The number of carbonyl (C=O) groups excluding carboxylic acids is 2. The lowest BCUT2D eigenvalue weighted by atomic mass is 10.1. The minimum absolute atomic E-state index is 0.0804. The largest absolute Gasteiger partial charge is 0.369 e. The molecular weight excluding hydrogens is 228 g/mol. The first-order valence-corrected chi connectivity index (χ1v) is 6.36. The second-order valence-corrected chi connectivity index (χ2v) is 4.38. The Morgan fingerprint density at radius 3 is 2.89 bits per heavy atom. The Morgan fingerprint density at radius 2 is 2.11 bits per heavy atom. The van der Waals surface area contributed by atoms with Crippen LogP contribution in [0.2, 0.25) is 0 Å². The Morgan fingerprint density at radius 1 is 1.33 bits per heavy atom. The minimum Gasteiger partial charge on any atom is -0.369 e. The van der Waals surface area contributed by atoms with Crippen molar-refractivity contribution in [2.75, 3.05) is 24.5 Å². The number of Topliss-reactive ketones (excluding diaryl/α,β-unsaturated/α-hetero) is 1. The second kappa shape index (κ2) is 5.67. The van der Waals surface area contributed by atoms with Gasteiger partial charge in [-0.3, -0.25) is 9.59 Å². The number of hydrogen-bond acceptors (Lipinski definition) is 3. The maximum absolute atomic E-state index is 11.9. The normalized spacial score (nSPS) is 16.1. The molecular formula is C14H18N2O2. The Bertz CT molecular complexity index is 457. The smallest absolute Gasteiger partial charge is 0.221 e. The van der Waals surface area contributed by atoms with Crippen LogP contribution in [0.25, 0.3) is 0 Å². The standard InChI is InChI=1S/C14H18N2O2/c1-2-13(17)11-5-3-4-6-12(11)16-9-7-14(18)15-8-10-16/h3-6H,2,7-10H2,1H3,(H,15,18). The van der Waals surface area contributed by atoms with Crippen LogP contribution in [0.5, 0.6) is 0 Å². The molecule has 96 valence electrons. The lowest BCUT2D eigenvalue weighted by Crippen LogP contribution is -2.29. The lowest BCUT2D eigenvalue weighted by Gasteiger charge is -2.24. The number of rotatable bonds is 3. The first-order valence-electron chi connectivity index (χ1n) is 6.36. The van der Waals surface area contributed by atoms with Gasteiger partial charge in [0.25, 0.3) is 0 Å². The molecule has 18 heavy (non-hydrogen) atoms. The predicted molar refractivity (Wildman–Crippen MR) is 70.9 cm³/mol. The summed E-state index contributed by atoms with van der Waals surface area (Å²) >= 11 is 0. The maximum atomic E-state index is 11.9. The molecule has 1 aliphatic heterocycles. The SMILES string of the molecule is CCC(=O)c1ccccc1N1CCNC(=O)CC1. The van der Waals surface area contributed by atoms with Crippen LogP contribution in [0.4, 0.5) is 5.69 Å². The lowest BCUT2D eigenvalue weighted by molar-refractivity contribution is -0.120. The number of nitrogens with one attached hydrogen (secondary N) is 1. The summed E-state index contributed by atoms with van der Waals surface area (Å²) in [6.45, 7) is 3.92. The zero-order valence-electron chi connectivity index (χ0n) is 10.6. The van der Waals surface area contributed by atoms with Crippen molar-refractivity contribution in [3.05, 3.63) is 29.8 Å². The van der Waals surface area contributed by atoms with Gasteiger partial charge in [0, 0.05) is 43.7 Å². The molecule has 1 aromatic carbocycles. The van der Waals surface area contributed by atoms with Gasteiger partial charge in [0.15, 0.2) is 5.78 Å². The fourth-order valence-electron chi connectivity index (χ4n) is 2.18. The molecule has 0 atom stereocenters. The number of amides is 1. The van der Waals surface area contributed by atoms with Crippen LogP contribution in [0.1, 0.15) is 30.1 Å². The van der Waals surface area contributed by atoms with Gasteiger partial charge in [-0.25, -0.2) is 0 Å². The van der Waals surface area contributed by atoms with Crippen molar-refractivity contribution in [1.82, 2.24) is 5.32 Å². The predicted octanol–water partition coefficient (Wildman–Crippen LogP) is 1.61. The number of anilines is 1. The molecule has 0 spiro atoms. The van der Waals surface area contributed by atoms with Crippen molar-refractivity contribution in [1.29, 1.82) is 0 Å². The summed E-state index contributed by atoms with van der Waals surface area (Å²) in [5, 5.41) is 2.84. The summed E-state index contributed by atoms with van der Waals surface area (Å²) < 4.78 is 0. The summed E-state index contributed by atoms with van der Waals surface area (Å²) in [6.07, 6.45) is 0.983.